The van der Waals surface area contributed by atoms with Crippen molar-refractivity contribution >= 4 is 16.5 Å². The van der Waals surface area contributed by atoms with E-state index in [9.17, 15) is 13.2 Å². The van der Waals surface area contributed by atoms with Crippen LogP contribution in [0.15, 0.2) is 42.9 Å². The molecule has 0 saturated carbocycles. The van der Waals surface area contributed by atoms with E-state index in [2.05, 4.69) is 15.3 Å². The number of imidazole rings is 1. The summed E-state index contributed by atoms with van der Waals surface area (Å²) in [6.45, 7) is 0. The molecule has 5 nitrogen and oxygen atoms in total. The first-order valence-electron chi connectivity index (χ1n) is 7.29. The molecular formula is C16H15F3N4OS. The van der Waals surface area contributed by atoms with Gasteiger partial charge in [-0.3, -0.25) is 0 Å². The fourth-order valence-corrected chi connectivity index (χ4v) is 3.06. The Kier molecular flexibility index (Phi) is 4.67. The normalized spacial score (nSPS) is 12.8. The van der Waals surface area contributed by atoms with Crippen molar-refractivity contribution in [2.75, 3.05) is 12.4 Å². The summed E-state index contributed by atoms with van der Waals surface area (Å²) in [4.78, 5) is 7.41. The van der Waals surface area contributed by atoms with Crippen molar-refractivity contribution in [2.45, 2.75) is 12.2 Å². The molecule has 2 aromatic heterocycles. The van der Waals surface area contributed by atoms with Crippen LogP contribution in [0.5, 0.6) is 5.75 Å². The largest absolute Gasteiger partial charge is 0.497 e. The van der Waals surface area contributed by atoms with E-state index >= 15 is 0 Å². The van der Waals surface area contributed by atoms with Gasteiger partial charge in [0.2, 0.25) is 0 Å². The average Bonchev–Trinajstić information content (AvgIpc) is 3.21. The first-order valence-corrected chi connectivity index (χ1v) is 8.11. The number of rotatable bonds is 5. The topological polar surface area (TPSA) is 52.0 Å². The van der Waals surface area contributed by atoms with Crippen LogP contribution in [-0.2, 0) is 13.2 Å². The Morgan fingerprint density at radius 3 is 2.44 bits per heavy atom. The number of nitrogens with zero attached hydrogens (tertiary/aromatic N) is 3. The molecule has 0 fully saturated rings. The van der Waals surface area contributed by atoms with Gasteiger partial charge in [0.25, 0.3) is 0 Å². The first-order chi connectivity index (χ1) is 11.9. The van der Waals surface area contributed by atoms with E-state index in [0.29, 0.717) is 22.9 Å². The second kappa shape index (κ2) is 6.75. The van der Waals surface area contributed by atoms with Crippen molar-refractivity contribution < 1.29 is 17.9 Å². The highest BCUT2D eigenvalue weighted by Crippen LogP contribution is 2.36. The minimum absolute atomic E-state index is 0.177. The fourth-order valence-electron chi connectivity index (χ4n) is 2.34. The molecule has 25 heavy (non-hydrogen) atoms. The Morgan fingerprint density at radius 1 is 1.20 bits per heavy atom. The maximum Gasteiger partial charge on any atom is 0.427 e. The predicted molar refractivity (Wildman–Crippen MR) is 88.8 cm³/mol. The van der Waals surface area contributed by atoms with Gasteiger partial charge in [0.05, 0.1) is 13.3 Å². The molecule has 0 aliphatic carbocycles. The van der Waals surface area contributed by atoms with Crippen molar-refractivity contribution in [1.29, 1.82) is 0 Å². The first kappa shape index (κ1) is 17.3. The monoisotopic (exact) mass is 368 g/mol. The third-order valence-corrected chi connectivity index (χ3v) is 4.59. The molecule has 0 aliphatic heterocycles. The minimum Gasteiger partial charge on any atom is -0.497 e. The van der Waals surface area contributed by atoms with E-state index in [1.54, 1.807) is 36.2 Å². The molecule has 0 saturated heterocycles. The van der Waals surface area contributed by atoms with Crippen molar-refractivity contribution in [3.05, 3.63) is 59.1 Å². The van der Waals surface area contributed by atoms with Crippen LogP contribution >= 0.6 is 11.3 Å². The van der Waals surface area contributed by atoms with Gasteiger partial charge in [0.15, 0.2) is 5.13 Å². The number of hydrogen-bond donors (Lipinski definition) is 1. The zero-order valence-corrected chi connectivity index (χ0v) is 14.2. The summed E-state index contributed by atoms with van der Waals surface area (Å²) in [7, 11) is 3.39. The summed E-state index contributed by atoms with van der Waals surface area (Å²) < 4.78 is 45.3. The number of thiazole rings is 1. The van der Waals surface area contributed by atoms with Gasteiger partial charge in [-0.1, -0.05) is 23.5 Å². The zero-order valence-electron chi connectivity index (χ0n) is 13.4. The van der Waals surface area contributed by atoms with Crippen LogP contribution in [0.2, 0.25) is 0 Å². The number of aromatic nitrogens is 3. The van der Waals surface area contributed by atoms with Crippen molar-refractivity contribution in [3.63, 3.8) is 0 Å². The number of benzene rings is 1. The van der Waals surface area contributed by atoms with Gasteiger partial charge in [0.1, 0.15) is 22.5 Å². The Bertz CT molecular complexity index is 842. The molecule has 2 heterocycles. The lowest BCUT2D eigenvalue weighted by Crippen LogP contribution is -2.16. The van der Waals surface area contributed by atoms with Crippen LogP contribution in [0, 0.1) is 0 Å². The second-order valence-corrected chi connectivity index (χ2v) is 6.30. The summed E-state index contributed by atoms with van der Waals surface area (Å²) in [5, 5.41) is 3.23. The Labute approximate surface area is 146 Å². The standard InChI is InChI=1S/C16H15F3N4OS/c1-23-8-7-20-14(23)13(10-3-5-11(24-2)6-4-10)22-15-21-9-12(25-15)16(17,18)19/h3-9,13H,1-2H3,(H,21,22). The Morgan fingerprint density at radius 2 is 1.92 bits per heavy atom. The van der Waals surface area contributed by atoms with E-state index in [0.717, 1.165) is 11.8 Å². The average molecular weight is 368 g/mol. The smallest absolute Gasteiger partial charge is 0.427 e. The summed E-state index contributed by atoms with van der Waals surface area (Å²) in [5.74, 6) is 1.35. The molecule has 3 rings (SSSR count). The highest BCUT2D eigenvalue weighted by molar-refractivity contribution is 7.15. The maximum atomic E-state index is 12.8. The molecule has 1 N–H and O–H groups in total. The number of methoxy groups -OCH3 is 1. The molecule has 9 heteroatoms. The number of anilines is 1. The number of alkyl halides is 3. The summed E-state index contributed by atoms with van der Waals surface area (Å²) in [5.41, 5.74) is 0.832. The van der Waals surface area contributed by atoms with Crippen molar-refractivity contribution in [2.24, 2.45) is 7.05 Å². The molecule has 0 amide bonds. The van der Waals surface area contributed by atoms with E-state index < -0.39 is 17.1 Å². The lowest BCUT2D eigenvalue weighted by Gasteiger charge is -2.19. The Balaban J connectivity index is 1.94. The van der Waals surface area contributed by atoms with Crippen molar-refractivity contribution in [1.82, 2.24) is 14.5 Å². The van der Waals surface area contributed by atoms with Crippen LogP contribution in [-0.4, -0.2) is 21.6 Å². The van der Waals surface area contributed by atoms with Crippen LogP contribution in [0.25, 0.3) is 0 Å². The molecule has 132 valence electrons. The number of nitrogens with one attached hydrogen (secondary N) is 1. The van der Waals surface area contributed by atoms with E-state index in [-0.39, 0.29) is 5.13 Å². The summed E-state index contributed by atoms with van der Waals surface area (Å²) in [6, 6.07) is 6.80. The van der Waals surface area contributed by atoms with Crippen molar-refractivity contribution in [3.8, 4) is 5.75 Å². The molecule has 0 aliphatic rings. The number of halogens is 3. The maximum absolute atomic E-state index is 12.8. The highest BCUT2D eigenvalue weighted by atomic mass is 32.1. The zero-order chi connectivity index (χ0) is 18.0. The van der Waals surface area contributed by atoms with Crippen LogP contribution in [0.4, 0.5) is 18.3 Å². The minimum atomic E-state index is -4.41. The molecule has 1 unspecified atom stereocenters. The van der Waals surface area contributed by atoms with Crippen LogP contribution in [0.1, 0.15) is 22.3 Å². The number of aryl methyl sites for hydroxylation is 1. The van der Waals surface area contributed by atoms with Gasteiger partial charge in [-0.15, -0.1) is 0 Å². The quantitative estimate of drug-likeness (QED) is 0.737. The van der Waals surface area contributed by atoms with E-state index in [4.69, 9.17) is 4.74 Å². The lowest BCUT2D eigenvalue weighted by atomic mass is 10.1. The van der Waals surface area contributed by atoms with Crippen LogP contribution in [0.3, 0.4) is 0 Å². The van der Waals surface area contributed by atoms with Gasteiger partial charge in [-0.25, -0.2) is 9.97 Å². The second-order valence-electron chi connectivity index (χ2n) is 5.27. The third-order valence-electron chi connectivity index (χ3n) is 3.62. The van der Waals surface area contributed by atoms with E-state index in [1.807, 2.05) is 19.2 Å². The van der Waals surface area contributed by atoms with Gasteiger partial charge >= 0.3 is 6.18 Å². The SMILES string of the molecule is COc1ccc(C(Nc2ncc(C(F)(F)F)s2)c2nccn2C)cc1. The molecular weight excluding hydrogens is 353 g/mol. The van der Waals surface area contributed by atoms with Crippen LogP contribution < -0.4 is 10.1 Å². The lowest BCUT2D eigenvalue weighted by molar-refractivity contribution is -0.134. The molecule has 1 atom stereocenters. The Hall–Kier alpha value is -2.55. The molecule has 0 bridgehead atoms. The summed E-state index contributed by atoms with van der Waals surface area (Å²) in [6.07, 6.45) is -0.167. The molecule has 3 aromatic rings. The fraction of sp³-hybridized carbons (Fsp3) is 0.250. The highest BCUT2D eigenvalue weighted by Gasteiger charge is 2.33. The van der Waals surface area contributed by atoms with Gasteiger partial charge < -0.3 is 14.6 Å². The number of hydrogen-bond acceptors (Lipinski definition) is 5. The third kappa shape index (κ3) is 3.76. The number of ether oxygens (including phenoxy) is 1. The predicted octanol–water partition coefficient (Wildman–Crippen LogP) is 4.11. The summed E-state index contributed by atoms with van der Waals surface area (Å²) >= 11 is 0.565. The molecule has 1 aromatic carbocycles. The van der Waals surface area contributed by atoms with Gasteiger partial charge in [-0.05, 0) is 17.7 Å². The van der Waals surface area contributed by atoms with Gasteiger partial charge in [-0.2, -0.15) is 13.2 Å². The van der Waals surface area contributed by atoms with E-state index in [1.165, 1.54) is 0 Å². The van der Waals surface area contributed by atoms with Gasteiger partial charge in [0, 0.05) is 19.4 Å². The molecule has 0 spiro atoms. The molecule has 0 radical (unpaired) electrons.